The van der Waals surface area contributed by atoms with E-state index in [1.54, 1.807) is 30.3 Å². The summed E-state index contributed by atoms with van der Waals surface area (Å²) in [5, 5.41) is 7.11. The zero-order valence-electron chi connectivity index (χ0n) is 19.2. The van der Waals surface area contributed by atoms with Crippen molar-refractivity contribution in [1.82, 2.24) is 10.7 Å². The molecule has 178 valence electrons. The molecule has 2 rings (SSSR count). The lowest BCUT2D eigenvalue weighted by atomic mass is 10.0. The molecule has 0 saturated heterocycles. The van der Waals surface area contributed by atoms with Gasteiger partial charge in [0.05, 0.1) is 34.5 Å². The van der Waals surface area contributed by atoms with Crippen LogP contribution in [0.3, 0.4) is 0 Å². The summed E-state index contributed by atoms with van der Waals surface area (Å²) in [6.07, 6.45) is 2.37. The molecule has 1 atom stereocenters. The van der Waals surface area contributed by atoms with Gasteiger partial charge in [-0.1, -0.05) is 44.5 Å². The molecule has 0 aliphatic carbocycles. The molecular weight excluding hydrogens is 510 g/mol. The second-order valence-electron chi connectivity index (χ2n) is 7.52. The Morgan fingerprint density at radius 2 is 1.91 bits per heavy atom. The third-order valence-corrected chi connectivity index (χ3v) is 5.44. The van der Waals surface area contributed by atoms with E-state index in [2.05, 4.69) is 31.8 Å². The first kappa shape index (κ1) is 26.7. The van der Waals surface area contributed by atoms with E-state index in [9.17, 15) is 9.59 Å². The van der Waals surface area contributed by atoms with E-state index in [0.29, 0.717) is 40.9 Å². The molecule has 7 nitrogen and oxygen atoms in total. The molecule has 0 fully saturated rings. The van der Waals surface area contributed by atoms with E-state index in [1.807, 2.05) is 33.8 Å². The molecule has 1 unspecified atom stereocenters. The van der Waals surface area contributed by atoms with Crippen LogP contribution in [-0.4, -0.2) is 37.3 Å². The Labute approximate surface area is 208 Å². The van der Waals surface area contributed by atoms with Gasteiger partial charge in [0.1, 0.15) is 6.04 Å². The summed E-state index contributed by atoms with van der Waals surface area (Å²) in [6, 6.07) is 9.49. The molecule has 0 spiro atoms. The van der Waals surface area contributed by atoms with Crippen molar-refractivity contribution in [1.29, 1.82) is 0 Å². The van der Waals surface area contributed by atoms with Gasteiger partial charge in [0.25, 0.3) is 11.8 Å². The summed E-state index contributed by atoms with van der Waals surface area (Å²) in [6.45, 7) is 8.63. The summed E-state index contributed by atoms with van der Waals surface area (Å²) in [4.78, 5) is 25.3. The predicted octanol–water partition coefficient (Wildman–Crippen LogP) is 5.19. The highest BCUT2D eigenvalue weighted by molar-refractivity contribution is 9.10. The van der Waals surface area contributed by atoms with Crippen LogP contribution in [-0.2, 0) is 4.79 Å². The summed E-state index contributed by atoms with van der Waals surface area (Å²) < 4.78 is 12.2. The molecule has 0 aliphatic rings. The molecule has 0 aromatic heterocycles. The van der Waals surface area contributed by atoms with Crippen molar-refractivity contribution in [3.05, 3.63) is 57.0 Å². The van der Waals surface area contributed by atoms with Crippen molar-refractivity contribution in [3.8, 4) is 11.5 Å². The number of rotatable bonds is 11. The number of hydrogen-bond acceptors (Lipinski definition) is 5. The fourth-order valence-corrected chi connectivity index (χ4v) is 3.70. The van der Waals surface area contributed by atoms with Gasteiger partial charge in [0.15, 0.2) is 11.5 Å². The molecule has 0 aliphatic heterocycles. The first-order chi connectivity index (χ1) is 15.8. The molecule has 9 heteroatoms. The van der Waals surface area contributed by atoms with Crippen LogP contribution in [0.15, 0.2) is 46.0 Å². The SMILES string of the molecule is CCCOc1c(Br)cc(/C=N\NC(=O)C(NC(=O)c2ccccc2Cl)C(C)C)cc1OCC. The maximum Gasteiger partial charge on any atom is 0.262 e. The molecular formula is C24H29BrClN3O4. The normalized spacial score (nSPS) is 12.0. The van der Waals surface area contributed by atoms with Gasteiger partial charge >= 0.3 is 0 Å². The highest BCUT2D eigenvalue weighted by atomic mass is 79.9. The third kappa shape index (κ3) is 7.75. The van der Waals surface area contributed by atoms with Gasteiger partial charge in [-0.25, -0.2) is 5.43 Å². The van der Waals surface area contributed by atoms with Crippen molar-refractivity contribution in [2.45, 2.75) is 40.2 Å². The molecule has 0 bridgehead atoms. The van der Waals surface area contributed by atoms with E-state index in [-0.39, 0.29) is 5.92 Å². The summed E-state index contributed by atoms with van der Waals surface area (Å²) in [5.74, 6) is 0.183. The fraction of sp³-hybridized carbons (Fsp3) is 0.375. The standard InChI is InChI=1S/C24H29BrClN3O4/c1-5-11-33-22-18(25)12-16(13-20(22)32-6-2)14-27-29-24(31)21(15(3)4)28-23(30)17-9-7-8-10-19(17)26/h7-10,12-15,21H,5-6,11H2,1-4H3,(H,28,30)(H,29,31)/b27-14-. The van der Waals surface area contributed by atoms with Gasteiger partial charge in [-0.05, 0) is 65.0 Å². The molecule has 0 heterocycles. The first-order valence-corrected chi connectivity index (χ1v) is 11.9. The van der Waals surface area contributed by atoms with Crippen molar-refractivity contribution in [2.24, 2.45) is 11.0 Å². The minimum absolute atomic E-state index is 0.166. The number of hydrogen-bond donors (Lipinski definition) is 2. The summed E-state index contributed by atoms with van der Waals surface area (Å²) >= 11 is 9.60. The average Bonchev–Trinajstić information content (AvgIpc) is 2.77. The zero-order chi connectivity index (χ0) is 24.4. The topological polar surface area (TPSA) is 89.0 Å². The van der Waals surface area contributed by atoms with Crippen molar-refractivity contribution >= 4 is 45.6 Å². The van der Waals surface area contributed by atoms with E-state index >= 15 is 0 Å². The van der Waals surface area contributed by atoms with Crippen LogP contribution >= 0.6 is 27.5 Å². The molecule has 0 radical (unpaired) electrons. The lowest BCUT2D eigenvalue weighted by molar-refractivity contribution is -0.123. The number of halogens is 2. The Morgan fingerprint density at radius 1 is 1.18 bits per heavy atom. The number of carbonyl (C=O) groups is 2. The molecule has 2 aromatic carbocycles. The number of nitrogens with one attached hydrogen (secondary N) is 2. The Kier molecular flexibility index (Phi) is 10.7. The highest BCUT2D eigenvalue weighted by Gasteiger charge is 2.25. The van der Waals surface area contributed by atoms with Gasteiger partial charge in [-0.3, -0.25) is 9.59 Å². The molecule has 2 amide bonds. The summed E-state index contributed by atoms with van der Waals surface area (Å²) in [5.41, 5.74) is 3.51. The molecule has 2 N–H and O–H groups in total. The number of benzene rings is 2. The number of nitrogens with zero attached hydrogens (tertiary/aromatic N) is 1. The Balaban J connectivity index is 2.11. The van der Waals surface area contributed by atoms with Gasteiger partial charge in [0.2, 0.25) is 0 Å². The van der Waals surface area contributed by atoms with Gasteiger partial charge in [-0.2, -0.15) is 5.10 Å². The van der Waals surface area contributed by atoms with Gasteiger partial charge in [0, 0.05) is 0 Å². The molecule has 0 saturated carbocycles. The van der Waals surface area contributed by atoms with Crippen molar-refractivity contribution in [3.63, 3.8) is 0 Å². The van der Waals surface area contributed by atoms with Crippen LogP contribution in [0.5, 0.6) is 11.5 Å². The van der Waals surface area contributed by atoms with E-state index in [4.69, 9.17) is 21.1 Å². The smallest absolute Gasteiger partial charge is 0.262 e. The van der Waals surface area contributed by atoms with E-state index in [1.165, 1.54) is 6.21 Å². The van der Waals surface area contributed by atoms with Crippen molar-refractivity contribution in [2.75, 3.05) is 13.2 Å². The Hall–Kier alpha value is -2.58. The average molecular weight is 539 g/mol. The van der Waals surface area contributed by atoms with Crippen LogP contribution in [0.2, 0.25) is 5.02 Å². The minimum Gasteiger partial charge on any atom is -0.490 e. The van der Waals surface area contributed by atoms with Crippen molar-refractivity contribution < 1.29 is 19.1 Å². The zero-order valence-corrected chi connectivity index (χ0v) is 21.5. The number of amides is 2. The predicted molar refractivity (Wildman–Crippen MR) is 134 cm³/mol. The third-order valence-electron chi connectivity index (χ3n) is 4.52. The molecule has 33 heavy (non-hydrogen) atoms. The fourth-order valence-electron chi connectivity index (χ4n) is 2.91. The lowest BCUT2D eigenvalue weighted by Crippen LogP contribution is -2.48. The highest BCUT2D eigenvalue weighted by Crippen LogP contribution is 2.36. The maximum absolute atomic E-state index is 12.7. The van der Waals surface area contributed by atoms with Crippen LogP contribution in [0.4, 0.5) is 0 Å². The van der Waals surface area contributed by atoms with Crippen LogP contribution in [0, 0.1) is 5.92 Å². The number of carbonyl (C=O) groups excluding carboxylic acids is 2. The largest absolute Gasteiger partial charge is 0.490 e. The van der Waals surface area contributed by atoms with Crippen LogP contribution < -0.4 is 20.2 Å². The Morgan fingerprint density at radius 3 is 2.55 bits per heavy atom. The number of ether oxygens (including phenoxy) is 2. The maximum atomic E-state index is 12.7. The van der Waals surface area contributed by atoms with Crippen LogP contribution in [0.25, 0.3) is 0 Å². The van der Waals surface area contributed by atoms with Gasteiger partial charge < -0.3 is 14.8 Å². The minimum atomic E-state index is -0.790. The van der Waals surface area contributed by atoms with Gasteiger partial charge in [-0.15, -0.1) is 0 Å². The lowest BCUT2D eigenvalue weighted by Gasteiger charge is -2.20. The first-order valence-electron chi connectivity index (χ1n) is 10.8. The molecule has 2 aromatic rings. The second-order valence-corrected chi connectivity index (χ2v) is 8.78. The van der Waals surface area contributed by atoms with E-state index in [0.717, 1.165) is 10.9 Å². The monoisotopic (exact) mass is 537 g/mol. The Bertz CT molecular complexity index is 998. The number of hydrazone groups is 1. The second kappa shape index (κ2) is 13.2. The van der Waals surface area contributed by atoms with Crippen LogP contribution in [0.1, 0.15) is 50.0 Å². The van der Waals surface area contributed by atoms with E-state index < -0.39 is 17.9 Å². The summed E-state index contributed by atoms with van der Waals surface area (Å²) in [7, 11) is 0. The quantitative estimate of drug-likeness (QED) is 0.304.